The van der Waals surface area contributed by atoms with Crippen LogP contribution in [0.4, 0.5) is 0 Å². The molecule has 0 atom stereocenters. The molecule has 0 unspecified atom stereocenters. The molecule has 0 aromatic heterocycles. The molecule has 0 saturated heterocycles. The van der Waals surface area contributed by atoms with E-state index in [1.54, 1.807) is 30.3 Å². The van der Waals surface area contributed by atoms with E-state index in [9.17, 15) is 8.42 Å². The van der Waals surface area contributed by atoms with Gasteiger partial charge in [-0.05, 0) is 66.4 Å². The van der Waals surface area contributed by atoms with Gasteiger partial charge in [0.2, 0.25) is 0 Å². The molecule has 0 saturated carbocycles. The monoisotopic (exact) mass is 482 g/mol. The summed E-state index contributed by atoms with van der Waals surface area (Å²) < 4.78 is 48.2. The van der Waals surface area contributed by atoms with E-state index in [-0.39, 0.29) is 16.4 Å². The van der Waals surface area contributed by atoms with Crippen molar-refractivity contribution in [3.8, 4) is 23.0 Å². The molecule has 0 radical (unpaired) electrons. The quantitative estimate of drug-likeness (QED) is 0.250. The molecule has 0 aliphatic carbocycles. The maximum absolute atomic E-state index is 13.0. The average Bonchev–Trinajstić information content (AvgIpc) is 2.82. The predicted molar refractivity (Wildman–Crippen MR) is 133 cm³/mol. The van der Waals surface area contributed by atoms with Crippen LogP contribution in [0.5, 0.6) is 23.0 Å². The molecule has 0 heterocycles. The van der Waals surface area contributed by atoms with E-state index < -0.39 is 10.1 Å². The summed E-state index contributed by atoms with van der Waals surface area (Å²) >= 11 is 0. The standard InChI is InChI=1S/C27H30O6S/c1-5-13-31-23-9-7-8-22(18-23)12-14-32-24-16-21(6-2)17-25(19-24)33-34(28,29)27-15-20(3)10-11-26(27)30-4/h5,7-11,15-19H,1,6,12-14H2,2-4H3. The van der Waals surface area contributed by atoms with Crippen molar-refractivity contribution in [1.82, 2.24) is 0 Å². The van der Waals surface area contributed by atoms with Crippen molar-refractivity contribution in [3.05, 3.63) is 90.0 Å². The van der Waals surface area contributed by atoms with Crippen molar-refractivity contribution in [3.63, 3.8) is 0 Å². The molecule has 0 aliphatic heterocycles. The Morgan fingerprint density at radius 3 is 2.41 bits per heavy atom. The van der Waals surface area contributed by atoms with Crippen molar-refractivity contribution in [1.29, 1.82) is 0 Å². The fourth-order valence-corrected chi connectivity index (χ4v) is 4.52. The molecule has 3 rings (SSSR count). The highest BCUT2D eigenvalue weighted by molar-refractivity contribution is 7.87. The lowest BCUT2D eigenvalue weighted by Gasteiger charge is -2.14. The third-order valence-corrected chi connectivity index (χ3v) is 6.34. The summed E-state index contributed by atoms with van der Waals surface area (Å²) in [5, 5.41) is 0. The zero-order valence-electron chi connectivity index (χ0n) is 19.7. The number of ether oxygens (including phenoxy) is 3. The van der Waals surface area contributed by atoms with Crippen LogP contribution in [0.25, 0.3) is 0 Å². The second kappa shape index (κ2) is 11.6. The minimum Gasteiger partial charge on any atom is -0.495 e. The Labute approximate surface area is 201 Å². The van der Waals surface area contributed by atoms with Crippen molar-refractivity contribution in [2.75, 3.05) is 20.3 Å². The zero-order valence-corrected chi connectivity index (χ0v) is 20.6. The number of benzene rings is 3. The van der Waals surface area contributed by atoms with Crippen LogP contribution in [-0.4, -0.2) is 28.7 Å². The Morgan fingerprint density at radius 1 is 0.912 bits per heavy atom. The molecule has 180 valence electrons. The lowest BCUT2D eigenvalue weighted by molar-refractivity contribution is 0.320. The Morgan fingerprint density at radius 2 is 1.68 bits per heavy atom. The van der Waals surface area contributed by atoms with Gasteiger partial charge in [-0.15, -0.1) is 0 Å². The Hall–Kier alpha value is -3.45. The van der Waals surface area contributed by atoms with Crippen LogP contribution in [0.2, 0.25) is 0 Å². The maximum Gasteiger partial charge on any atom is 0.342 e. The number of methoxy groups -OCH3 is 1. The third kappa shape index (κ3) is 6.78. The molecule has 6 nitrogen and oxygen atoms in total. The van der Waals surface area contributed by atoms with Gasteiger partial charge in [0.05, 0.1) is 13.7 Å². The van der Waals surface area contributed by atoms with Crippen LogP contribution in [0.1, 0.15) is 23.6 Å². The summed E-state index contributed by atoms with van der Waals surface area (Å²) in [6.07, 6.45) is 3.06. The zero-order chi connectivity index (χ0) is 24.6. The van der Waals surface area contributed by atoms with Gasteiger partial charge < -0.3 is 18.4 Å². The van der Waals surface area contributed by atoms with Crippen molar-refractivity contribution >= 4 is 10.1 Å². The van der Waals surface area contributed by atoms with Crippen LogP contribution in [-0.2, 0) is 23.0 Å². The van der Waals surface area contributed by atoms with Crippen LogP contribution in [0.15, 0.2) is 78.2 Å². The first-order valence-corrected chi connectivity index (χ1v) is 12.4. The summed E-state index contributed by atoms with van der Waals surface area (Å²) in [4.78, 5) is -0.0158. The fraction of sp³-hybridized carbons (Fsp3) is 0.259. The second-order valence-electron chi connectivity index (χ2n) is 7.70. The minimum atomic E-state index is -4.10. The largest absolute Gasteiger partial charge is 0.495 e. The fourth-order valence-electron chi connectivity index (χ4n) is 3.35. The molecule has 0 N–H and O–H groups in total. The highest BCUT2D eigenvalue weighted by Gasteiger charge is 2.22. The summed E-state index contributed by atoms with van der Waals surface area (Å²) in [7, 11) is -2.67. The average molecular weight is 483 g/mol. The maximum atomic E-state index is 13.0. The minimum absolute atomic E-state index is 0.0158. The van der Waals surface area contributed by atoms with Crippen molar-refractivity contribution in [2.24, 2.45) is 0 Å². The molecular formula is C27H30O6S. The second-order valence-corrected chi connectivity index (χ2v) is 9.22. The molecular weight excluding hydrogens is 452 g/mol. The number of hydrogen-bond acceptors (Lipinski definition) is 6. The van der Waals surface area contributed by atoms with E-state index in [1.165, 1.54) is 13.2 Å². The first-order valence-electron chi connectivity index (χ1n) is 11.0. The lowest BCUT2D eigenvalue weighted by atomic mass is 10.1. The molecule has 0 amide bonds. The van der Waals surface area contributed by atoms with Gasteiger partial charge in [0.25, 0.3) is 0 Å². The molecule has 7 heteroatoms. The molecule has 0 fully saturated rings. The number of hydrogen-bond donors (Lipinski definition) is 0. The molecule has 34 heavy (non-hydrogen) atoms. The summed E-state index contributed by atoms with van der Waals surface area (Å²) in [6.45, 7) is 8.31. The molecule has 0 aliphatic rings. The van der Waals surface area contributed by atoms with Crippen molar-refractivity contribution < 1.29 is 26.8 Å². The van der Waals surface area contributed by atoms with Gasteiger partial charge >= 0.3 is 10.1 Å². The highest BCUT2D eigenvalue weighted by Crippen LogP contribution is 2.30. The third-order valence-electron chi connectivity index (χ3n) is 5.07. The van der Waals surface area contributed by atoms with Crippen LogP contribution in [0.3, 0.4) is 0 Å². The smallest absolute Gasteiger partial charge is 0.342 e. The molecule has 3 aromatic rings. The van der Waals surface area contributed by atoms with E-state index in [4.69, 9.17) is 18.4 Å². The first kappa shape index (κ1) is 25.2. The molecule has 3 aromatic carbocycles. The Balaban J connectivity index is 1.74. The van der Waals surface area contributed by atoms with Gasteiger partial charge in [-0.3, -0.25) is 0 Å². The van der Waals surface area contributed by atoms with Gasteiger partial charge in [0, 0.05) is 12.5 Å². The van der Waals surface area contributed by atoms with Gasteiger partial charge in [-0.1, -0.05) is 37.8 Å². The highest BCUT2D eigenvalue weighted by atomic mass is 32.2. The van der Waals surface area contributed by atoms with E-state index in [0.29, 0.717) is 31.8 Å². The number of rotatable bonds is 12. The van der Waals surface area contributed by atoms with Gasteiger partial charge in [-0.2, -0.15) is 8.42 Å². The van der Waals surface area contributed by atoms with Gasteiger partial charge in [0.1, 0.15) is 34.5 Å². The van der Waals surface area contributed by atoms with Crippen molar-refractivity contribution in [2.45, 2.75) is 31.6 Å². The lowest BCUT2D eigenvalue weighted by Crippen LogP contribution is -2.12. The van der Waals surface area contributed by atoms with Crippen LogP contribution in [0, 0.1) is 6.92 Å². The van der Waals surface area contributed by atoms with Crippen LogP contribution >= 0.6 is 0 Å². The van der Waals surface area contributed by atoms with E-state index in [1.807, 2.05) is 44.2 Å². The molecule has 0 bridgehead atoms. The van der Waals surface area contributed by atoms with E-state index in [2.05, 4.69) is 6.58 Å². The summed E-state index contributed by atoms with van der Waals surface area (Å²) in [5.74, 6) is 1.74. The van der Waals surface area contributed by atoms with Gasteiger partial charge in [-0.25, -0.2) is 0 Å². The van der Waals surface area contributed by atoms with E-state index in [0.717, 1.165) is 22.4 Å². The topological polar surface area (TPSA) is 71.1 Å². The first-order chi connectivity index (χ1) is 16.3. The molecule has 0 spiro atoms. The summed E-state index contributed by atoms with van der Waals surface area (Å²) in [6, 6.07) is 17.9. The normalized spacial score (nSPS) is 11.0. The van der Waals surface area contributed by atoms with Crippen LogP contribution < -0.4 is 18.4 Å². The van der Waals surface area contributed by atoms with E-state index >= 15 is 0 Å². The summed E-state index contributed by atoms with van der Waals surface area (Å²) in [5.41, 5.74) is 2.76. The Kier molecular flexibility index (Phi) is 8.60. The number of aryl methyl sites for hydroxylation is 2. The van der Waals surface area contributed by atoms with Gasteiger partial charge in [0.15, 0.2) is 0 Å². The SMILES string of the molecule is C=CCOc1cccc(CCOc2cc(CC)cc(OS(=O)(=O)c3cc(C)ccc3OC)c2)c1. The predicted octanol–water partition coefficient (Wildman–Crippen LogP) is 5.52. The Bertz CT molecular complexity index is 1230.